The average Bonchev–Trinajstić information content (AvgIpc) is 2.62. The van der Waals surface area contributed by atoms with Gasteiger partial charge in [-0.05, 0) is 37.3 Å². The SMILES string of the molecule is CC(CC#Cc1ccc(C(F)(F)F)cc1F)Nc1ncnc2ccccc12. The van der Waals surface area contributed by atoms with Gasteiger partial charge in [0.2, 0.25) is 0 Å². The van der Waals surface area contributed by atoms with E-state index >= 15 is 0 Å². The molecule has 0 aliphatic carbocycles. The van der Waals surface area contributed by atoms with Crippen LogP contribution in [0.4, 0.5) is 23.4 Å². The Bertz CT molecular complexity index is 1010. The molecular weight excluding hydrogens is 358 g/mol. The molecule has 2 aromatic carbocycles. The third-order valence-electron chi connectivity index (χ3n) is 3.85. The zero-order valence-electron chi connectivity index (χ0n) is 14.3. The topological polar surface area (TPSA) is 37.8 Å². The largest absolute Gasteiger partial charge is 0.416 e. The van der Waals surface area contributed by atoms with Crippen LogP contribution >= 0.6 is 0 Å². The van der Waals surface area contributed by atoms with Gasteiger partial charge in [0.1, 0.15) is 18.0 Å². The minimum Gasteiger partial charge on any atom is -0.366 e. The van der Waals surface area contributed by atoms with Crippen LogP contribution in [-0.2, 0) is 6.18 Å². The Morgan fingerprint density at radius 3 is 2.63 bits per heavy atom. The van der Waals surface area contributed by atoms with Gasteiger partial charge in [0.25, 0.3) is 0 Å². The van der Waals surface area contributed by atoms with Gasteiger partial charge in [-0.15, -0.1) is 0 Å². The Balaban J connectivity index is 1.69. The van der Waals surface area contributed by atoms with Crippen molar-refractivity contribution in [2.24, 2.45) is 0 Å². The van der Waals surface area contributed by atoms with E-state index < -0.39 is 17.6 Å². The zero-order chi connectivity index (χ0) is 19.4. The first-order valence-electron chi connectivity index (χ1n) is 8.16. The van der Waals surface area contributed by atoms with E-state index in [0.29, 0.717) is 18.3 Å². The number of benzene rings is 2. The van der Waals surface area contributed by atoms with Crippen molar-refractivity contribution in [3.63, 3.8) is 0 Å². The summed E-state index contributed by atoms with van der Waals surface area (Å²) in [6.07, 6.45) is -2.76. The van der Waals surface area contributed by atoms with E-state index in [1.165, 1.54) is 6.33 Å². The van der Waals surface area contributed by atoms with Crippen LogP contribution in [-0.4, -0.2) is 16.0 Å². The number of alkyl halides is 3. The van der Waals surface area contributed by atoms with Crippen LogP contribution in [0.25, 0.3) is 10.9 Å². The lowest BCUT2D eigenvalue weighted by atomic mass is 10.1. The summed E-state index contributed by atoms with van der Waals surface area (Å²) in [5.41, 5.74) is -0.293. The number of hydrogen-bond donors (Lipinski definition) is 1. The molecule has 1 atom stereocenters. The first-order chi connectivity index (χ1) is 12.8. The summed E-state index contributed by atoms with van der Waals surface area (Å²) in [6, 6.07) is 9.75. The summed E-state index contributed by atoms with van der Waals surface area (Å²) in [6.45, 7) is 1.88. The second-order valence-corrected chi connectivity index (χ2v) is 5.98. The first-order valence-corrected chi connectivity index (χ1v) is 8.16. The highest BCUT2D eigenvalue weighted by Gasteiger charge is 2.31. The van der Waals surface area contributed by atoms with Gasteiger partial charge in [-0.1, -0.05) is 24.0 Å². The number of hydrogen-bond acceptors (Lipinski definition) is 3. The molecule has 27 heavy (non-hydrogen) atoms. The molecule has 0 radical (unpaired) electrons. The highest BCUT2D eigenvalue weighted by Crippen LogP contribution is 2.30. The predicted molar refractivity (Wildman–Crippen MR) is 95.5 cm³/mol. The number of nitrogens with one attached hydrogen (secondary N) is 1. The summed E-state index contributed by atoms with van der Waals surface area (Å²) in [5, 5.41) is 4.09. The highest BCUT2D eigenvalue weighted by molar-refractivity contribution is 5.88. The Morgan fingerprint density at radius 2 is 1.89 bits per heavy atom. The predicted octanol–water partition coefficient (Wildman–Crippen LogP) is 5.03. The normalized spacial score (nSPS) is 12.3. The Labute approximate surface area is 153 Å². The van der Waals surface area contributed by atoms with Crippen LogP contribution in [0, 0.1) is 17.7 Å². The van der Waals surface area contributed by atoms with Crippen molar-refractivity contribution in [2.45, 2.75) is 25.6 Å². The van der Waals surface area contributed by atoms with E-state index in [-0.39, 0.29) is 11.6 Å². The van der Waals surface area contributed by atoms with Crippen molar-refractivity contribution < 1.29 is 17.6 Å². The van der Waals surface area contributed by atoms with Crippen molar-refractivity contribution in [3.8, 4) is 11.8 Å². The van der Waals surface area contributed by atoms with Crippen LogP contribution in [0.3, 0.4) is 0 Å². The van der Waals surface area contributed by atoms with Crippen LogP contribution in [0.15, 0.2) is 48.8 Å². The molecule has 0 spiro atoms. The molecule has 1 aromatic heterocycles. The minimum atomic E-state index is -4.58. The number of anilines is 1. The van der Waals surface area contributed by atoms with Gasteiger partial charge in [0.05, 0.1) is 16.6 Å². The van der Waals surface area contributed by atoms with Crippen molar-refractivity contribution in [2.75, 3.05) is 5.32 Å². The molecule has 0 aliphatic rings. The molecule has 3 rings (SSSR count). The molecule has 3 nitrogen and oxygen atoms in total. The number of aromatic nitrogens is 2. The van der Waals surface area contributed by atoms with Crippen molar-refractivity contribution in [1.29, 1.82) is 0 Å². The van der Waals surface area contributed by atoms with Gasteiger partial charge in [-0.25, -0.2) is 14.4 Å². The fourth-order valence-electron chi connectivity index (χ4n) is 2.50. The third kappa shape index (κ3) is 4.53. The van der Waals surface area contributed by atoms with E-state index in [4.69, 9.17) is 0 Å². The van der Waals surface area contributed by atoms with Gasteiger partial charge in [-0.2, -0.15) is 13.2 Å². The minimum absolute atomic E-state index is 0.0670. The van der Waals surface area contributed by atoms with Crippen LogP contribution in [0.5, 0.6) is 0 Å². The van der Waals surface area contributed by atoms with E-state index in [1.54, 1.807) is 0 Å². The smallest absolute Gasteiger partial charge is 0.366 e. The molecule has 1 unspecified atom stereocenters. The first kappa shape index (κ1) is 18.6. The standard InChI is InChI=1S/C20H15F4N3/c1-13(27-19-16-7-2-3-8-18(16)25-12-26-19)5-4-6-14-9-10-15(11-17(14)21)20(22,23)24/h2-3,7-13H,5H2,1H3,(H,25,26,27). The lowest BCUT2D eigenvalue weighted by Gasteiger charge is -2.13. The maximum atomic E-state index is 13.8. The molecule has 0 saturated carbocycles. The molecule has 0 fully saturated rings. The van der Waals surface area contributed by atoms with Crippen molar-refractivity contribution in [1.82, 2.24) is 9.97 Å². The number of rotatable bonds is 3. The lowest BCUT2D eigenvalue weighted by Crippen LogP contribution is -2.15. The van der Waals surface area contributed by atoms with E-state index in [0.717, 1.165) is 23.0 Å². The maximum Gasteiger partial charge on any atom is 0.416 e. The van der Waals surface area contributed by atoms with Crippen LogP contribution < -0.4 is 5.32 Å². The second kappa shape index (κ2) is 7.62. The molecule has 3 aromatic rings. The van der Waals surface area contributed by atoms with Gasteiger partial charge < -0.3 is 5.32 Å². The molecular formula is C20H15F4N3. The van der Waals surface area contributed by atoms with E-state index in [2.05, 4.69) is 27.1 Å². The highest BCUT2D eigenvalue weighted by atomic mass is 19.4. The Kier molecular flexibility index (Phi) is 5.26. The molecule has 7 heteroatoms. The quantitative estimate of drug-likeness (QED) is 0.517. The molecule has 138 valence electrons. The van der Waals surface area contributed by atoms with Crippen molar-refractivity contribution >= 4 is 16.7 Å². The fraction of sp³-hybridized carbons (Fsp3) is 0.200. The monoisotopic (exact) mass is 373 g/mol. The lowest BCUT2D eigenvalue weighted by molar-refractivity contribution is -0.137. The van der Waals surface area contributed by atoms with Gasteiger partial charge in [-0.3, -0.25) is 0 Å². The molecule has 0 amide bonds. The summed E-state index contributed by atoms with van der Waals surface area (Å²) in [7, 11) is 0. The zero-order valence-corrected chi connectivity index (χ0v) is 14.3. The van der Waals surface area contributed by atoms with Crippen LogP contribution in [0.1, 0.15) is 24.5 Å². The Morgan fingerprint density at radius 1 is 1.11 bits per heavy atom. The maximum absolute atomic E-state index is 13.8. The van der Waals surface area contributed by atoms with Gasteiger partial charge in [0.15, 0.2) is 0 Å². The summed E-state index contributed by atoms with van der Waals surface area (Å²) in [4.78, 5) is 8.41. The van der Waals surface area contributed by atoms with Crippen LogP contribution in [0.2, 0.25) is 0 Å². The number of fused-ring (bicyclic) bond motifs is 1. The van der Waals surface area contributed by atoms with Gasteiger partial charge >= 0.3 is 6.18 Å². The molecule has 1 heterocycles. The summed E-state index contributed by atoms with van der Waals surface area (Å²) >= 11 is 0. The molecule has 0 aliphatic heterocycles. The average molecular weight is 373 g/mol. The molecule has 0 bridgehead atoms. The third-order valence-corrected chi connectivity index (χ3v) is 3.85. The second-order valence-electron chi connectivity index (χ2n) is 5.98. The number of halogens is 4. The van der Waals surface area contributed by atoms with Crippen molar-refractivity contribution in [3.05, 3.63) is 65.7 Å². The van der Waals surface area contributed by atoms with E-state index in [9.17, 15) is 17.6 Å². The summed E-state index contributed by atoms with van der Waals surface area (Å²) < 4.78 is 51.5. The molecule has 0 saturated heterocycles. The number of para-hydroxylation sites is 1. The Hall–Kier alpha value is -3.14. The van der Waals surface area contributed by atoms with E-state index in [1.807, 2.05) is 31.2 Å². The summed E-state index contributed by atoms with van der Waals surface area (Å²) in [5.74, 6) is 5.05. The molecule has 1 N–H and O–H groups in total. The number of nitrogens with zero attached hydrogens (tertiary/aromatic N) is 2. The fourth-order valence-corrected chi connectivity index (χ4v) is 2.50. The van der Waals surface area contributed by atoms with Gasteiger partial charge in [0, 0.05) is 17.8 Å².